The Hall–Kier alpha value is -2.08. The maximum Gasteiger partial charge on any atom is 0.232 e. The van der Waals surface area contributed by atoms with E-state index in [9.17, 15) is 4.79 Å². The molecule has 0 bridgehead atoms. The van der Waals surface area contributed by atoms with E-state index in [2.05, 4.69) is 21.8 Å². The van der Waals surface area contributed by atoms with Crippen LogP contribution in [0.1, 0.15) is 6.92 Å². The summed E-state index contributed by atoms with van der Waals surface area (Å²) in [6.45, 7) is 4.52. The van der Waals surface area contributed by atoms with E-state index in [4.69, 9.17) is 0 Å². The molecule has 0 aliphatic carbocycles. The predicted molar refractivity (Wildman–Crippen MR) is 96.4 cm³/mol. The Morgan fingerprint density at radius 3 is 2.88 bits per heavy atom. The van der Waals surface area contributed by atoms with Crippen molar-refractivity contribution in [2.45, 2.75) is 11.9 Å². The SMILES string of the molecule is C[C@@H]1CN(c2ccccn2)C[C@H]1C(=O)N1CCSc2ncccc21. The highest BCUT2D eigenvalue weighted by Crippen LogP contribution is 2.35. The molecule has 4 heterocycles. The molecule has 1 amide bonds. The third kappa shape index (κ3) is 2.75. The molecule has 0 radical (unpaired) electrons. The minimum atomic E-state index is 0.00293. The standard InChI is InChI=1S/C18H20N4OS/c1-13-11-21(16-6-2-3-7-19-16)12-14(13)18(23)22-9-10-24-17-15(22)5-4-8-20-17/h2-8,13-14H,9-12H2,1H3/t13-,14-/m1/s1. The van der Waals surface area contributed by atoms with Gasteiger partial charge < -0.3 is 9.80 Å². The molecular formula is C18H20N4OS. The number of anilines is 2. The van der Waals surface area contributed by atoms with Crippen molar-refractivity contribution in [2.75, 3.05) is 35.2 Å². The highest BCUT2D eigenvalue weighted by Gasteiger charge is 2.39. The minimum Gasteiger partial charge on any atom is -0.356 e. The lowest BCUT2D eigenvalue weighted by Gasteiger charge is -2.31. The number of carbonyl (C=O) groups is 1. The molecule has 1 saturated heterocycles. The zero-order chi connectivity index (χ0) is 16.5. The van der Waals surface area contributed by atoms with Gasteiger partial charge in [-0.15, -0.1) is 11.8 Å². The number of nitrogens with zero attached hydrogens (tertiary/aromatic N) is 4. The first kappa shape index (κ1) is 15.4. The monoisotopic (exact) mass is 340 g/mol. The number of aromatic nitrogens is 2. The van der Waals surface area contributed by atoms with Crippen molar-refractivity contribution in [2.24, 2.45) is 11.8 Å². The van der Waals surface area contributed by atoms with Crippen LogP contribution >= 0.6 is 11.8 Å². The smallest absolute Gasteiger partial charge is 0.232 e. The van der Waals surface area contributed by atoms with E-state index in [1.54, 1.807) is 24.2 Å². The fourth-order valence-corrected chi connectivity index (χ4v) is 4.43. The Bertz CT molecular complexity index is 739. The zero-order valence-corrected chi connectivity index (χ0v) is 14.4. The lowest BCUT2D eigenvalue weighted by atomic mass is 9.96. The first-order chi connectivity index (χ1) is 11.7. The van der Waals surface area contributed by atoms with Crippen molar-refractivity contribution in [3.05, 3.63) is 42.7 Å². The van der Waals surface area contributed by atoms with Crippen LogP contribution in [0.25, 0.3) is 0 Å². The van der Waals surface area contributed by atoms with Crippen LogP contribution in [0.15, 0.2) is 47.8 Å². The maximum absolute atomic E-state index is 13.2. The minimum absolute atomic E-state index is 0.00293. The molecule has 0 unspecified atom stereocenters. The molecule has 6 heteroatoms. The Morgan fingerprint density at radius 1 is 1.17 bits per heavy atom. The highest BCUT2D eigenvalue weighted by atomic mass is 32.2. The average Bonchev–Trinajstić information content (AvgIpc) is 3.03. The van der Waals surface area contributed by atoms with Gasteiger partial charge in [0, 0.05) is 37.8 Å². The summed E-state index contributed by atoms with van der Waals surface area (Å²) in [5, 5.41) is 0.962. The second-order valence-electron chi connectivity index (χ2n) is 6.34. The molecule has 24 heavy (non-hydrogen) atoms. The second kappa shape index (κ2) is 6.43. The number of pyridine rings is 2. The fourth-order valence-electron chi connectivity index (χ4n) is 3.50. The van der Waals surface area contributed by atoms with Gasteiger partial charge in [-0.25, -0.2) is 9.97 Å². The lowest BCUT2D eigenvalue weighted by molar-refractivity contribution is -0.122. The van der Waals surface area contributed by atoms with Crippen molar-refractivity contribution in [1.82, 2.24) is 9.97 Å². The molecule has 0 spiro atoms. The van der Waals surface area contributed by atoms with E-state index < -0.39 is 0 Å². The van der Waals surface area contributed by atoms with Crippen LogP contribution in [0.3, 0.4) is 0 Å². The first-order valence-corrected chi connectivity index (χ1v) is 9.28. The summed E-state index contributed by atoms with van der Waals surface area (Å²) in [6, 6.07) is 9.83. The molecule has 0 saturated carbocycles. The van der Waals surface area contributed by atoms with E-state index in [0.717, 1.165) is 41.9 Å². The van der Waals surface area contributed by atoms with Crippen LogP contribution in [0.2, 0.25) is 0 Å². The van der Waals surface area contributed by atoms with Gasteiger partial charge in [-0.1, -0.05) is 13.0 Å². The molecule has 2 aromatic rings. The molecule has 1 fully saturated rings. The van der Waals surface area contributed by atoms with Crippen molar-refractivity contribution in [3.63, 3.8) is 0 Å². The molecule has 2 aliphatic rings. The number of rotatable bonds is 2. The number of amides is 1. The summed E-state index contributed by atoms with van der Waals surface area (Å²) < 4.78 is 0. The van der Waals surface area contributed by atoms with Gasteiger partial charge in [-0.3, -0.25) is 4.79 Å². The Kier molecular flexibility index (Phi) is 4.14. The van der Waals surface area contributed by atoms with Crippen LogP contribution in [-0.4, -0.2) is 41.3 Å². The summed E-state index contributed by atoms with van der Waals surface area (Å²) in [5.74, 6) is 2.39. The van der Waals surface area contributed by atoms with Crippen molar-refractivity contribution >= 4 is 29.2 Å². The Labute approximate surface area is 146 Å². The van der Waals surface area contributed by atoms with Gasteiger partial charge in [-0.05, 0) is 30.2 Å². The fraction of sp³-hybridized carbons (Fsp3) is 0.389. The third-order valence-electron chi connectivity index (χ3n) is 4.76. The van der Waals surface area contributed by atoms with Crippen molar-refractivity contribution < 1.29 is 4.79 Å². The summed E-state index contributed by atoms with van der Waals surface area (Å²) in [4.78, 5) is 26.2. The molecule has 2 atom stereocenters. The van der Waals surface area contributed by atoms with Crippen molar-refractivity contribution in [1.29, 1.82) is 0 Å². The normalized spacial score (nSPS) is 23.2. The predicted octanol–water partition coefficient (Wildman–Crippen LogP) is 2.69. The van der Waals surface area contributed by atoms with E-state index in [-0.39, 0.29) is 11.8 Å². The molecule has 2 aromatic heterocycles. The quantitative estimate of drug-likeness (QED) is 0.841. The Balaban J connectivity index is 1.55. The average molecular weight is 340 g/mol. The first-order valence-electron chi connectivity index (χ1n) is 8.29. The van der Waals surface area contributed by atoms with Gasteiger partial charge in [0.15, 0.2) is 0 Å². The topological polar surface area (TPSA) is 49.3 Å². The third-order valence-corrected chi connectivity index (χ3v) is 5.74. The van der Waals surface area contributed by atoms with Crippen LogP contribution in [0.5, 0.6) is 0 Å². The van der Waals surface area contributed by atoms with Gasteiger partial charge in [0.1, 0.15) is 10.8 Å². The molecular weight excluding hydrogens is 320 g/mol. The number of hydrogen-bond donors (Lipinski definition) is 0. The van der Waals surface area contributed by atoms with E-state index in [0.29, 0.717) is 5.92 Å². The van der Waals surface area contributed by atoms with Gasteiger partial charge in [-0.2, -0.15) is 0 Å². The van der Waals surface area contributed by atoms with Gasteiger partial charge >= 0.3 is 0 Å². The van der Waals surface area contributed by atoms with Crippen LogP contribution in [-0.2, 0) is 4.79 Å². The molecule has 4 rings (SSSR count). The summed E-state index contributed by atoms with van der Waals surface area (Å²) in [6.07, 6.45) is 3.60. The van der Waals surface area contributed by atoms with Crippen molar-refractivity contribution in [3.8, 4) is 0 Å². The van der Waals surface area contributed by atoms with Crippen LogP contribution < -0.4 is 9.80 Å². The van der Waals surface area contributed by atoms with Crippen LogP contribution in [0, 0.1) is 11.8 Å². The summed E-state index contributed by atoms with van der Waals surface area (Å²) >= 11 is 1.73. The number of carbonyl (C=O) groups excluding carboxylic acids is 1. The summed E-state index contributed by atoms with van der Waals surface area (Å²) in [7, 11) is 0. The van der Waals surface area contributed by atoms with Gasteiger partial charge in [0.25, 0.3) is 0 Å². The Morgan fingerprint density at radius 2 is 2.04 bits per heavy atom. The number of fused-ring (bicyclic) bond motifs is 1. The highest BCUT2D eigenvalue weighted by molar-refractivity contribution is 7.99. The molecule has 5 nitrogen and oxygen atoms in total. The van der Waals surface area contributed by atoms with E-state index in [1.165, 1.54) is 0 Å². The van der Waals surface area contributed by atoms with Gasteiger partial charge in [0.05, 0.1) is 11.6 Å². The molecule has 0 aromatic carbocycles. The molecule has 124 valence electrons. The van der Waals surface area contributed by atoms with E-state index >= 15 is 0 Å². The second-order valence-corrected chi connectivity index (χ2v) is 7.43. The number of thioether (sulfide) groups is 1. The van der Waals surface area contributed by atoms with E-state index in [1.807, 2.05) is 35.2 Å². The summed E-state index contributed by atoms with van der Waals surface area (Å²) in [5.41, 5.74) is 0.960. The van der Waals surface area contributed by atoms with Gasteiger partial charge in [0.2, 0.25) is 5.91 Å². The number of hydrogen-bond acceptors (Lipinski definition) is 5. The molecule has 0 N–H and O–H groups in total. The lowest BCUT2D eigenvalue weighted by Crippen LogP contribution is -2.42. The van der Waals surface area contributed by atoms with Crippen LogP contribution in [0.4, 0.5) is 11.5 Å². The molecule has 2 aliphatic heterocycles. The zero-order valence-electron chi connectivity index (χ0n) is 13.6. The maximum atomic E-state index is 13.2. The largest absolute Gasteiger partial charge is 0.356 e.